The number of amides is 3. The van der Waals surface area contributed by atoms with Gasteiger partial charge in [0.1, 0.15) is 18.1 Å². The topological polar surface area (TPSA) is 75.7 Å². The van der Waals surface area contributed by atoms with E-state index in [1.807, 2.05) is 0 Å². The fourth-order valence-corrected chi connectivity index (χ4v) is 3.64. The SMILES string of the molecule is COc1ccc(NC(=O)CN2C(=O)S/C(=C/c3ccc(F)c(Br)c3)C2=O)cc1. The Bertz CT molecular complexity index is 978. The lowest BCUT2D eigenvalue weighted by molar-refractivity contribution is -0.127. The predicted octanol–water partition coefficient (Wildman–Crippen LogP) is 4.27. The molecule has 0 atom stereocenters. The second-order valence-electron chi connectivity index (χ2n) is 5.72. The van der Waals surface area contributed by atoms with Crippen molar-refractivity contribution in [1.82, 2.24) is 4.90 Å². The Morgan fingerprint density at radius 3 is 2.61 bits per heavy atom. The number of methoxy groups -OCH3 is 1. The molecule has 0 aliphatic carbocycles. The molecule has 1 aliphatic rings. The Morgan fingerprint density at radius 1 is 1.25 bits per heavy atom. The summed E-state index contributed by atoms with van der Waals surface area (Å²) in [5.74, 6) is -0.861. The van der Waals surface area contributed by atoms with E-state index in [9.17, 15) is 18.8 Å². The van der Waals surface area contributed by atoms with Crippen LogP contribution in [0.2, 0.25) is 0 Å². The van der Waals surface area contributed by atoms with Gasteiger partial charge in [-0.3, -0.25) is 19.3 Å². The standard InChI is InChI=1S/C19H14BrFN2O4S/c1-27-13-5-3-12(4-6-13)22-17(24)10-23-18(25)16(28-19(23)26)9-11-2-7-15(21)14(20)8-11/h2-9H,10H2,1H3,(H,22,24)/b16-9+. The van der Waals surface area contributed by atoms with Crippen molar-refractivity contribution < 1.29 is 23.5 Å². The highest BCUT2D eigenvalue weighted by Crippen LogP contribution is 2.32. The van der Waals surface area contributed by atoms with Crippen LogP contribution in [0.1, 0.15) is 5.56 Å². The summed E-state index contributed by atoms with van der Waals surface area (Å²) in [4.78, 5) is 37.8. The Labute approximate surface area is 172 Å². The van der Waals surface area contributed by atoms with Crippen LogP contribution in [0, 0.1) is 5.82 Å². The van der Waals surface area contributed by atoms with E-state index in [0.29, 0.717) is 17.0 Å². The maximum absolute atomic E-state index is 13.3. The first kappa shape index (κ1) is 20.1. The molecule has 28 heavy (non-hydrogen) atoms. The molecule has 1 fully saturated rings. The summed E-state index contributed by atoms with van der Waals surface area (Å²) in [6, 6.07) is 10.9. The molecule has 0 radical (unpaired) electrons. The summed E-state index contributed by atoms with van der Waals surface area (Å²) in [7, 11) is 1.53. The largest absolute Gasteiger partial charge is 0.497 e. The number of anilines is 1. The monoisotopic (exact) mass is 464 g/mol. The van der Waals surface area contributed by atoms with Gasteiger partial charge in [0, 0.05) is 5.69 Å². The van der Waals surface area contributed by atoms with Crippen LogP contribution in [0.25, 0.3) is 6.08 Å². The van der Waals surface area contributed by atoms with Crippen LogP contribution in [0.3, 0.4) is 0 Å². The van der Waals surface area contributed by atoms with E-state index in [-0.39, 0.29) is 9.38 Å². The van der Waals surface area contributed by atoms with Crippen LogP contribution < -0.4 is 10.1 Å². The summed E-state index contributed by atoms with van der Waals surface area (Å²) in [6.45, 7) is -0.402. The Kier molecular flexibility index (Phi) is 6.15. The fraction of sp³-hybridized carbons (Fsp3) is 0.105. The van der Waals surface area contributed by atoms with Crippen LogP contribution in [0.15, 0.2) is 51.8 Å². The van der Waals surface area contributed by atoms with Crippen LogP contribution in [0.5, 0.6) is 5.75 Å². The highest BCUT2D eigenvalue weighted by molar-refractivity contribution is 9.10. The van der Waals surface area contributed by atoms with Crippen molar-refractivity contribution >= 4 is 56.5 Å². The molecule has 144 valence electrons. The molecular weight excluding hydrogens is 451 g/mol. The highest BCUT2D eigenvalue weighted by Gasteiger charge is 2.36. The first-order valence-corrected chi connectivity index (χ1v) is 9.62. The number of carbonyl (C=O) groups excluding carboxylic acids is 3. The molecule has 1 heterocycles. The molecule has 1 saturated heterocycles. The van der Waals surface area contributed by atoms with Gasteiger partial charge in [-0.05, 0) is 75.7 Å². The van der Waals surface area contributed by atoms with E-state index in [1.54, 1.807) is 24.3 Å². The van der Waals surface area contributed by atoms with Crippen LogP contribution in [-0.2, 0) is 9.59 Å². The van der Waals surface area contributed by atoms with E-state index >= 15 is 0 Å². The maximum atomic E-state index is 13.3. The van der Waals surface area contributed by atoms with Crippen molar-refractivity contribution in [3.8, 4) is 5.75 Å². The van der Waals surface area contributed by atoms with E-state index in [0.717, 1.165) is 16.7 Å². The second-order valence-corrected chi connectivity index (χ2v) is 7.57. The molecule has 1 N–H and O–H groups in total. The van der Waals surface area contributed by atoms with E-state index < -0.39 is 29.4 Å². The van der Waals surface area contributed by atoms with Gasteiger partial charge in [0.25, 0.3) is 11.1 Å². The van der Waals surface area contributed by atoms with Crippen molar-refractivity contribution in [2.75, 3.05) is 19.0 Å². The number of rotatable bonds is 5. The smallest absolute Gasteiger partial charge is 0.294 e. The van der Waals surface area contributed by atoms with Crippen molar-refractivity contribution in [1.29, 1.82) is 0 Å². The number of nitrogens with one attached hydrogen (secondary N) is 1. The van der Waals surface area contributed by atoms with Gasteiger partial charge in [0.15, 0.2) is 0 Å². The average molecular weight is 465 g/mol. The quantitative estimate of drug-likeness (QED) is 0.668. The number of thioether (sulfide) groups is 1. The van der Waals surface area contributed by atoms with Gasteiger partial charge < -0.3 is 10.1 Å². The van der Waals surface area contributed by atoms with E-state index in [2.05, 4.69) is 21.2 Å². The second kappa shape index (κ2) is 8.57. The zero-order chi connectivity index (χ0) is 20.3. The minimum atomic E-state index is -0.569. The van der Waals surface area contributed by atoms with Crippen molar-refractivity contribution in [3.63, 3.8) is 0 Å². The van der Waals surface area contributed by atoms with Gasteiger partial charge in [0.05, 0.1) is 16.5 Å². The first-order chi connectivity index (χ1) is 13.4. The molecule has 3 amide bonds. The lowest BCUT2D eigenvalue weighted by Crippen LogP contribution is -2.36. The number of nitrogens with zero attached hydrogens (tertiary/aromatic N) is 1. The van der Waals surface area contributed by atoms with Crippen LogP contribution >= 0.6 is 27.7 Å². The Morgan fingerprint density at radius 2 is 1.96 bits per heavy atom. The summed E-state index contributed by atoms with van der Waals surface area (Å²) < 4.78 is 18.6. The van der Waals surface area contributed by atoms with E-state index in [1.165, 1.54) is 31.4 Å². The van der Waals surface area contributed by atoms with Gasteiger partial charge in [-0.1, -0.05) is 6.07 Å². The van der Waals surface area contributed by atoms with Crippen molar-refractivity contribution in [2.45, 2.75) is 0 Å². The van der Waals surface area contributed by atoms with Gasteiger partial charge >= 0.3 is 0 Å². The predicted molar refractivity (Wildman–Crippen MR) is 108 cm³/mol. The third kappa shape index (κ3) is 4.60. The summed E-state index contributed by atoms with van der Waals surface area (Å²) in [5, 5.41) is 2.08. The van der Waals surface area contributed by atoms with Gasteiger partial charge in [-0.25, -0.2) is 4.39 Å². The maximum Gasteiger partial charge on any atom is 0.294 e. The summed E-state index contributed by atoms with van der Waals surface area (Å²) in [5.41, 5.74) is 1.07. The van der Waals surface area contributed by atoms with Crippen LogP contribution in [-0.4, -0.2) is 35.6 Å². The minimum Gasteiger partial charge on any atom is -0.497 e. The molecular formula is C19H14BrFN2O4S. The molecule has 0 saturated carbocycles. The molecule has 0 unspecified atom stereocenters. The first-order valence-electron chi connectivity index (χ1n) is 8.01. The van der Waals surface area contributed by atoms with Gasteiger partial charge in [0.2, 0.25) is 5.91 Å². The molecule has 2 aromatic carbocycles. The lowest BCUT2D eigenvalue weighted by Gasteiger charge is -2.12. The molecule has 0 aromatic heterocycles. The van der Waals surface area contributed by atoms with Gasteiger partial charge in [-0.2, -0.15) is 0 Å². The molecule has 0 bridgehead atoms. The molecule has 2 aromatic rings. The van der Waals surface area contributed by atoms with Crippen molar-refractivity contribution in [2.24, 2.45) is 0 Å². The number of hydrogen-bond acceptors (Lipinski definition) is 5. The summed E-state index contributed by atoms with van der Waals surface area (Å²) >= 11 is 3.81. The third-order valence-electron chi connectivity index (χ3n) is 3.79. The summed E-state index contributed by atoms with van der Waals surface area (Å²) in [6.07, 6.45) is 1.48. The molecule has 1 aliphatic heterocycles. The number of carbonyl (C=O) groups is 3. The zero-order valence-corrected chi connectivity index (χ0v) is 17.0. The van der Waals surface area contributed by atoms with Crippen LogP contribution in [0.4, 0.5) is 14.9 Å². The highest BCUT2D eigenvalue weighted by atomic mass is 79.9. The third-order valence-corrected chi connectivity index (χ3v) is 5.31. The average Bonchev–Trinajstić information content (AvgIpc) is 2.92. The molecule has 6 nitrogen and oxygen atoms in total. The Balaban J connectivity index is 1.68. The Hall–Kier alpha value is -2.65. The number of imide groups is 1. The minimum absolute atomic E-state index is 0.167. The molecule has 0 spiro atoms. The molecule has 3 rings (SSSR count). The van der Waals surface area contributed by atoms with Crippen molar-refractivity contribution in [3.05, 3.63) is 63.2 Å². The zero-order valence-electron chi connectivity index (χ0n) is 14.6. The lowest BCUT2D eigenvalue weighted by atomic mass is 10.2. The van der Waals surface area contributed by atoms with E-state index in [4.69, 9.17) is 4.74 Å². The number of benzene rings is 2. The number of hydrogen-bond donors (Lipinski definition) is 1. The molecule has 9 heteroatoms. The van der Waals surface area contributed by atoms with Gasteiger partial charge in [-0.15, -0.1) is 0 Å². The number of halogens is 2. The normalized spacial score (nSPS) is 15.2. The number of ether oxygens (including phenoxy) is 1. The fourth-order valence-electron chi connectivity index (χ4n) is 2.41.